The summed E-state index contributed by atoms with van der Waals surface area (Å²) in [6, 6.07) is 70.7. The highest BCUT2D eigenvalue weighted by atomic mass is 32.1. The summed E-state index contributed by atoms with van der Waals surface area (Å²) < 4.78 is 5.18. The molecule has 0 aliphatic rings. The van der Waals surface area contributed by atoms with Crippen LogP contribution in [0.3, 0.4) is 0 Å². The van der Waals surface area contributed by atoms with Crippen molar-refractivity contribution in [3.63, 3.8) is 0 Å². The summed E-state index contributed by atoms with van der Waals surface area (Å²) in [6.45, 7) is 0. The Morgan fingerprint density at radius 2 is 1.04 bits per heavy atom. The van der Waals surface area contributed by atoms with Crippen molar-refractivity contribution in [2.24, 2.45) is 0 Å². The zero-order valence-electron chi connectivity index (χ0n) is 28.8. The second-order valence-corrected chi connectivity index (χ2v) is 14.7. The van der Waals surface area contributed by atoms with Gasteiger partial charge in [-0.3, -0.25) is 0 Å². The molecule has 0 aliphatic carbocycles. The zero-order chi connectivity index (χ0) is 34.9. The fourth-order valence-electron chi connectivity index (χ4n) is 8.41. The molecule has 0 bridgehead atoms. The van der Waals surface area contributed by atoms with E-state index in [0.717, 1.165) is 17.1 Å². The summed E-state index contributed by atoms with van der Waals surface area (Å²) in [7, 11) is 0. The van der Waals surface area contributed by atoms with Gasteiger partial charge in [-0.05, 0) is 82.6 Å². The van der Waals surface area contributed by atoms with Crippen molar-refractivity contribution in [1.29, 1.82) is 0 Å². The van der Waals surface area contributed by atoms with Gasteiger partial charge in [0.2, 0.25) is 0 Å². The summed E-state index contributed by atoms with van der Waals surface area (Å²) >= 11 is 1.91. The topological polar surface area (TPSA) is 8.17 Å². The number of aromatic nitrogens is 1. The summed E-state index contributed by atoms with van der Waals surface area (Å²) in [5.41, 5.74) is 9.47. The molecule has 11 aromatic rings. The smallest absolute Gasteiger partial charge is 0.0640 e. The Morgan fingerprint density at radius 3 is 1.79 bits per heavy atom. The second-order valence-electron chi connectivity index (χ2n) is 13.7. The predicted octanol–water partition coefficient (Wildman–Crippen LogP) is 14.6. The Labute approximate surface area is 311 Å². The van der Waals surface area contributed by atoms with Gasteiger partial charge < -0.3 is 9.47 Å². The molecule has 0 N–H and O–H groups in total. The van der Waals surface area contributed by atoms with E-state index in [4.69, 9.17) is 0 Å². The van der Waals surface area contributed by atoms with E-state index in [1.54, 1.807) is 0 Å². The standard InChI is InChI=1S/C50H32N2S/c1-4-15-33(16-5-1)35-27-30-46-43(31-35)48-49-47(40-24-12-13-25-41(40)50(48)53-46)42-32-38(51(36-19-6-2-7-20-36)37-21-8-3-9-22-37)28-29-45(42)52(49)44-26-14-18-34-17-10-11-23-39(34)44/h1-32H. The number of hydrogen-bond acceptors (Lipinski definition) is 2. The Bertz CT molecular complexity index is 3110. The third-order valence-electron chi connectivity index (χ3n) is 10.7. The van der Waals surface area contributed by atoms with Crippen LogP contribution in [0.25, 0.3) is 80.3 Å². The maximum absolute atomic E-state index is 2.56. The monoisotopic (exact) mass is 692 g/mol. The van der Waals surface area contributed by atoms with Crippen LogP contribution in [0.1, 0.15) is 0 Å². The first kappa shape index (κ1) is 30.0. The van der Waals surface area contributed by atoms with Gasteiger partial charge in [-0.2, -0.15) is 0 Å². The summed E-state index contributed by atoms with van der Waals surface area (Å²) in [5.74, 6) is 0. The number of anilines is 3. The molecule has 0 spiro atoms. The van der Waals surface area contributed by atoms with E-state index in [1.807, 2.05) is 11.3 Å². The number of hydrogen-bond donors (Lipinski definition) is 0. The van der Waals surface area contributed by atoms with Crippen LogP contribution in [-0.2, 0) is 0 Å². The van der Waals surface area contributed by atoms with Gasteiger partial charge >= 0.3 is 0 Å². The summed E-state index contributed by atoms with van der Waals surface area (Å²) in [6.07, 6.45) is 0. The molecule has 2 aromatic heterocycles. The van der Waals surface area contributed by atoms with E-state index in [9.17, 15) is 0 Å². The molecule has 248 valence electrons. The van der Waals surface area contributed by atoms with Crippen molar-refractivity contribution in [2.45, 2.75) is 0 Å². The van der Waals surface area contributed by atoms with E-state index in [1.165, 1.54) is 80.3 Å². The number of rotatable bonds is 5. The number of para-hydroxylation sites is 2. The Balaban J connectivity index is 1.34. The largest absolute Gasteiger partial charge is 0.310 e. The van der Waals surface area contributed by atoms with Crippen LogP contribution < -0.4 is 4.90 Å². The lowest BCUT2D eigenvalue weighted by atomic mass is 9.98. The minimum absolute atomic E-state index is 1.12. The predicted molar refractivity (Wildman–Crippen MR) is 229 cm³/mol. The maximum Gasteiger partial charge on any atom is 0.0640 e. The number of benzene rings is 9. The van der Waals surface area contributed by atoms with Crippen molar-refractivity contribution in [2.75, 3.05) is 4.90 Å². The first-order valence-corrected chi connectivity index (χ1v) is 18.9. The summed E-state index contributed by atoms with van der Waals surface area (Å²) in [4.78, 5) is 2.37. The fraction of sp³-hybridized carbons (Fsp3) is 0. The van der Waals surface area contributed by atoms with Crippen LogP contribution in [-0.4, -0.2) is 4.57 Å². The van der Waals surface area contributed by atoms with Gasteiger partial charge in [0.1, 0.15) is 0 Å². The molecular formula is C50H32N2S. The first-order valence-electron chi connectivity index (χ1n) is 18.1. The van der Waals surface area contributed by atoms with Gasteiger partial charge in [0, 0.05) is 58.8 Å². The van der Waals surface area contributed by atoms with Crippen LogP contribution in [0.5, 0.6) is 0 Å². The van der Waals surface area contributed by atoms with E-state index in [-0.39, 0.29) is 0 Å². The third-order valence-corrected chi connectivity index (χ3v) is 11.9. The molecule has 53 heavy (non-hydrogen) atoms. The van der Waals surface area contributed by atoms with Crippen molar-refractivity contribution in [3.05, 3.63) is 194 Å². The highest BCUT2D eigenvalue weighted by molar-refractivity contribution is 7.27. The van der Waals surface area contributed by atoms with Crippen LogP contribution in [0.4, 0.5) is 17.1 Å². The van der Waals surface area contributed by atoms with E-state index in [0.29, 0.717) is 0 Å². The van der Waals surface area contributed by atoms with Gasteiger partial charge in [-0.1, -0.05) is 133 Å². The minimum atomic E-state index is 1.12. The van der Waals surface area contributed by atoms with Gasteiger partial charge in [-0.15, -0.1) is 11.3 Å². The number of nitrogens with zero attached hydrogens (tertiary/aromatic N) is 2. The van der Waals surface area contributed by atoms with Gasteiger partial charge in [0.25, 0.3) is 0 Å². The van der Waals surface area contributed by atoms with E-state index in [2.05, 4.69) is 204 Å². The minimum Gasteiger partial charge on any atom is -0.310 e. The molecule has 3 heteroatoms. The Hall–Kier alpha value is -6.68. The lowest BCUT2D eigenvalue weighted by molar-refractivity contribution is 1.20. The molecule has 0 saturated heterocycles. The molecule has 0 aliphatic heterocycles. The lowest BCUT2D eigenvalue weighted by Gasteiger charge is -2.25. The number of thiophene rings is 1. The van der Waals surface area contributed by atoms with Gasteiger partial charge in [0.15, 0.2) is 0 Å². The van der Waals surface area contributed by atoms with Crippen molar-refractivity contribution < 1.29 is 0 Å². The molecule has 0 atom stereocenters. The lowest BCUT2D eigenvalue weighted by Crippen LogP contribution is -2.09. The van der Waals surface area contributed by atoms with Crippen molar-refractivity contribution in [1.82, 2.24) is 4.57 Å². The Kier molecular flexibility index (Phi) is 6.76. The molecule has 0 amide bonds. The highest BCUT2D eigenvalue weighted by Crippen LogP contribution is 2.50. The molecular weight excluding hydrogens is 661 g/mol. The van der Waals surface area contributed by atoms with Crippen LogP contribution >= 0.6 is 11.3 Å². The quantitative estimate of drug-likeness (QED) is 0.174. The van der Waals surface area contributed by atoms with E-state index >= 15 is 0 Å². The second kappa shape index (κ2) is 11.9. The molecule has 2 nitrogen and oxygen atoms in total. The van der Waals surface area contributed by atoms with Gasteiger partial charge in [0.05, 0.1) is 16.7 Å². The third kappa shape index (κ3) is 4.64. The van der Waals surface area contributed by atoms with Crippen LogP contribution in [0.15, 0.2) is 194 Å². The van der Waals surface area contributed by atoms with Gasteiger partial charge in [-0.25, -0.2) is 0 Å². The normalized spacial score (nSPS) is 11.8. The molecule has 9 aromatic carbocycles. The average molecular weight is 693 g/mol. The zero-order valence-corrected chi connectivity index (χ0v) is 29.6. The average Bonchev–Trinajstić information content (AvgIpc) is 3.78. The molecule has 0 radical (unpaired) electrons. The molecule has 2 heterocycles. The molecule has 0 saturated carbocycles. The highest BCUT2D eigenvalue weighted by Gasteiger charge is 2.24. The van der Waals surface area contributed by atoms with Crippen LogP contribution in [0.2, 0.25) is 0 Å². The molecule has 11 rings (SSSR count). The van der Waals surface area contributed by atoms with Crippen molar-refractivity contribution >= 4 is 91.9 Å². The van der Waals surface area contributed by atoms with Crippen LogP contribution in [0, 0.1) is 0 Å². The van der Waals surface area contributed by atoms with Crippen molar-refractivity contribution in [3.8, 4) is 16.8 Å². The fourth-order valence-corrected chi connectivity index (χ4v) is 9.64. The SMILES string of the molecule is c1ccc(-c2ccc3sc4c5ccccc5c5c6cc(N(c7ccccc7)c7ccccc7)ccc6n(-c6cccc7ccccc67)c5c4c3c2)cc1. The first-order chi connectivity index (χ1) is 26.3. The molecule has 0 unspecified atom stereocenters. The number of fused-ring (bicyclic) bond motifs is 11. The molecule has 0 fully saturated rings. The maximum atomic E-state index is 2.56. The Morgan fingerprint density at radius 1 is 0.396 bits per heavy atom. The van der Waals surface area contributed by atoms with E-state index < -0.39 is 0 Å². The summed E-state index contributed by atoms with van der Waals surface area (Å²) in [5, 5.41) is 10.2.